The molecule has 0 radical (unpaired) electrons. The van der Waals surface area contributed by atoms with Gasteiger partial charge in [0.1, 0.15) is 6.04 Å². The molecule has 1 fully saturated rings. The molecule has 2 amide bonds. The molecule has 0 saturated carbocycles. The summed E-state index contributed by atoms with van der Waals surface area (Å²) >= 11 is 0. The minimum atomic E-state index is -0.422. The Morgan fingerprint density at radius 1 is 1.53 bits per heavy atom. The van der Waals surface area contributed by atoms with Crippen LogP contribution >= 0.6 is 0 Å². The molecule has 0 aliphatic carbocycles. The number of amides is 2. The lowest BCUT2D eigenvalue weighted by molar-refractivity contribution is -0.145. The smallest absolute Gasteiger partial charge is 0.240 e. The molecule has 0 aromatic rings. The van der Waals surface area contributed by atoms with Gasteiger partial charge in [-0.2, -0.15) is 0 Å². The highest BCUT2D eigenvalue weighted by Crippen LogP contribution is 2.29. The Labute approximate surface area is 104 Å². The van der Waals surface area contributed by atoms with E-state index >= 15 is 0 Å². The van der Waals surface area contributed by atoms with E-state index in [2.05, 4.69) is 13.8 Å². The Morgan fingerprint density at radius 2 is 2.18 bits per heavy atom. The van der Waals surface area contributed by atoms with Crippen molar-refractivity contribution < 1.29 is 9.59 Å². The molecule has 1 aliphatic heterocycles. The Kier molecular flexibility index (Phi) is 4.97. The lowest BCUT2D eigenvalue weighted by Gasteiger charge is -2.39. The van der Waals surface area contributed by atoms with E-state index < -0.39 is 6.04 Å². The van der Waals surface area contributed by atoms with Crippen LogP contribution in [0.1, 0.15) is 46.5 Å². The predicted octanol–water partition coefficient (Wildman–Crippen LogP) is 1.53. The molecule has 0 spiro atoms. The quantitative estimate of drug-likeness (QED) is 0.792. The third-order valence-electron chi connectivity index (χ3n) is 3.80. The molecule has 1 heterocycles. The number of nitrogens with two attached hydrogens (primary N) is 1. The number of nitrogens with zero attached hydrogens (tertiary/aromatic N) is 1. The summed E-state index contributed by atoms with van der Waals surface area (Å²) in [5, 5.41) is 0. The maximum absolute atomic E-state index is 12.0. The van der Waals surface area contributed by atoms with Gasteiger partial charge in [-0.05, 0) is 24.7 Å². The highest BCUT2D eigenvalue weighted by Gasteiger charge is 2.35. The highest BCUT2D eigenvalue weighted by atomic mass is 16.2. The van der Waals surface area contributed by atoms with Crippen molar-refractivity contribution in [2.45, 2.75) is 52.5 Å². The van der Waals surface area contributed by atoms with Crippen LogP contribution in [-0.4, -0.2) is 29.3 Å². The molecule has 0 aromatic carbocycles. The Hall–Kier alpha value is -1.06. The average molecular weight is 240 g/mol. The van der Waals surface area contributed by atoms with E-state index in [4.69, 9.17) is 5.73 Å². The molecule has 17 heavy (non-hydrogen) atoms. The minimum Gasteiger partial charge on any atom is -0.368 e. The normalized spacial score (nSPS) is 27.0. The summed E-state index contributed by atoms with van der Waals surface area (Å²) in [5.41, 5.74) is 5.36. The molecule has 98 valence electrons. The van der Waals surface area contributed by atoms with E-state index in [0.29, 0.717) is 31.2 Å². The first kappa shape index (κ1) is 14.0. The van der Waals surface area contributed by atoms with Gasteiger partial charge in [0.05, 0.1) is 0 Å². The molecule has 1 saturated heterocycles. The van der Waals surface area contributed by atoms with E-state index in [0.717, 1.165) is 12.8 Å². The van der Waals surface area contributed by atoms with Crippen molar-refractivity contribution in [2.24, 2.45) is 17.6 Å². The van der Waals surface area contributed by atoms with Crippen molar-refractivity contribution in [1.82, 2.24) is 4.90 Å². The van der Waals surface area contributed by atoms with E-state index in [1.54, 1.807) is 4.90 Å². The van der Waals surface area contributed by atoms with Crippen LogP contribution in [0.15, 0.2) is 0 Å². The molecule has 4 nitrogen and oxygen atoms in total. The molecular formula is C13H24N2O2. The van der Waals surface area contributed by atoms with Gasteiger partial charge in [-0.3, -0.25) is 9.59 Å². The van der Waals surface area contributed by atoms with Crippen LogP contribution in [0.5, 0.6) is 0 Å². The van der Waals surface area contributed by atoms with Gasteiger partial charge in [0, 0.05) is 13.0 Å². The zero-order valence-electron chi connectivity index (χ0n) is 11.1. The van der Waals surface area contributed by atoms with Gasteiger partial charge in [0.15, 0.2) is 0 Å². The maximum Gasteiger partial charge on any atom is 0.240 e. The summed E-state index contributed by atoms with van der Waals surface area (Å²) in [6.07, 6.45) is 3.38. The minimum absolute atomic E-state index is 0.0792. The largest absolute Gasteiger partial charge is 0.368 e. The topological polar surface area (TPSA) is 63.4 Å². The maximum atomic E-state index is 12.0. The van der Waals surface area contributed by atoms with Gasteiger partial charge in [0.25, 0.3) is 0 Å². The Morgan fingerprint density at radius 3 is 2.65 bits per heavy atom. The summed E-state index contributed by atoms with van der Waals surface area (Å²) in [5.74, 6) is 0.622. The van der Waals surface area contributed by atoms with Crippen molar-refractivity contribution in [3.05, 3.63) is 0 Å². The average Bonchev–Trinajstić information content (AvgIpc) is 2.25. The number of likely N-dealkylation sites (tertiary alicyclic amines) is 1. The number of piperidine rings is 1. The summed E-state index contributed by atoms with van der Waals surface area (Å²) in [6, 6.07) is -0.422. The molecule has 3 atom stereocenters. The summed E-state index contributed by atoms with van der Waals surface area (Å²) in [4.78, 5) is 25.0. The third kappa shape index (κ3) is 3.20. The second-order valence-corrected chi connectivity index (χ2v) is 5.10. The SMILES string of the molecule is CCC[C@H]1CN(C(CC)C(N)=O)C(=O)CC1C. The zero-order chi connectivity index (χ0) is 13.0. The zero-order valence-corrected chi connectivity index (χ0v) is 11.1. The standard InChI is InChI=1S/C13H24N2O2/c1-4-6-10-8-15(11(5-2)13(14)17)12(16)7-9(10)3/h9-11H,4-8H2,1-3H3,(H2,14,17)/t9?,10-,11?/m0/s1. The fourth-order valence-electron chi connectivity index (χ4n) is 2.72. The van der Waals surface area contributed by atoms with E-state index in [-0.39, 0.29) is 11.8 Å². The van der Waals surface area contributed by atoms with Crippen LogP contribution in [0.4, 0.5) is 0 Å². The number of hydrogen-bond donors (Lipinski definition) is 1. The fourth-order valence-corrected chi connectivity index (χ4v) is 2.72. The Bertz CT molecular complexity index is 291. The van der Waals surface area contributed by atoms with Gasteiger partial charge in [0.2, 0.25) is 11.8 Å². The van der Waals surface area contributed by atoms with Crippen molar-refractivity contribution >= 4 is 11.8 Å². The van der Waals surface area contributed by atoms with Gasteiger partial charge in [-0.1, -0.05) is 27.2 Å². The predicted molar refractivity (Wildman–Crippen MR) is 67.2 cm³/mol. The number of carbonyl (C=O) groups is 2. The first-order valence-electron chi connectivity index (χ1n) is 6.60. The van der Waals surface area contributed by atoms with Crippen LogP contribution in [0.3, 0.4) is 0 Å². The first-order valence-corrected chi connectivity index (χ1v) is 6.60. The number of rotatable bonds is 5. The van der Waals surface area contributed by atoms with Crippen molar-refractivity contribution in [3.8, 4) is 0 Å². The van der Waals surface area contributed by atoms with E-state index in [1.807, 2.05) is 6.92 Å². The van der Waals surface area contributed by atoms with Crippen molar-refractivity contribution in [1.29, 1.82) is 0 Å². The van der Waals surface area contributed by atoms with Gasteiger partial charge >= 0.3 is 0 Å². The molecule has 2 N–H and O–H groups in total. The molecule has 0 aromatic heterocycles. The third-order valence-corrected chi connectivity index (χ3v) is 3.80. The van der Waals surface area contributed by atoms with Crippen LogP contribution < -0.4 is 5.73 Å². The number of carbonyl (C=O) groups excluding carboxylic acids is 2. The van der Waals surface area contributed by atoms with Crippen molar-refractivity contribution in [3.63, 3.8) is 0 Å². The highest BCUT2D eigenvalue weighted by molar-refractivity contribution is 5.87. The lowest BCUT2D eigenvalue weighted by Crippen LogP contribution is -2.53. The summed E-state index contributed by atoms with van der Waals surface area (Å²) in [7, 11) is 0. The number of primary amides is 1. The van der Waals surface area contributed by atoms with Gasteiger partial charge in [-0.15, -0.1) is 0 Å². The summed E-state index contributed by atoms with van der Waals surface area (Å²) in [6.45, 7) is 6.87. The fraction of sp³-hybridized carbons (Fsp3) is 0.846. The molecule has 2 unspecified atom stereocenters. The van der Waals surface area contributed by atoms with Crippen LogP contribution in [0, 0.1) is 11.8 Å². The second kappa shape index (κ2) is 6.03. The van der Waals surface area contributed by atoms with Crippen LogP contribution in [0.2, 0.25) is 0 Å². The Balaban J connectivity index is 2.77. The van der Waals surface area contributed by atoms with Crippen LogP contribution in [0.25, 0.3) is 0 Å². The van der Waals surface area contributed by atoms with Crippen molar-refractivity contribution in [2.75, 3.05) is 6.54 Å². The van der Waals surface area contributed by atoms with E-state index in [9.17, 15) is 9.59 Å². The molecule has 4 heteroatoms. The molecule has 0 bridgehead atoms. The van der Waals surface area contributed by atoms with Gasteiger partial charge < -0.3 is 10.6 Å². The first-order chi connectivity index (χ1) is 8.01. The van der Waals surface area contributed by atoms with E-state index in [1.165, 1.54) is 0 Å². The van der Waals surface area contributed by atoms with Gasteiger partial charge in [-0.25, -0.2) is 0 Å². The number of hydrogen-bond acceptors (Lipinski definition) is 2. The second-order valence-electron chi connectivity index (χ2n) is 5.10. The molecule has 1 rings (SSSR count). The van der Waals surface area contributed by atoms with Crippen LogP contribution in [-0.2, 0) is 9.59 Å². The molecular weight excluding hydrogens is 216 g/mol. The molecule has 1 aliphatic rings. The lowest BCUT2D eigenvalue weighted by atomic mass is 9.83. The monoisotopic (exact) mass is 240 g/mol. The summed E-state index contributed by atoms with van der Waals surface area (Å²) < 4.78 is 0.